The molecule has 0 bridgehead atoms. The summed E-state index contributed by atoms with van der Waals surface area (Å²) in [6.07, 6.45) is 7.08. The van der Waals surface area contributed by atoms with Crippen molar-refractivity contribution in [3.05, 3.63) is 65.2 Å². The van der Waals surface area contributed by atoms with E-state index in [4.69, 9.17) is 0 Å². The first-order valence-corrected chi connectivity index (χ1v) is 9.10. The lowest BCUT2D eigenvalue weighted by atomic mass is 10.1. The molecule has 3 rings (SSSR count). The highest BCUT2D eigenvalue weighted by atomic mass is 16.3. The number of aromatic hydroxyl groups is 1. The topological polar surface area (TPSA) is 43.8 Å². The second-order valence-electron chi connectivity index (χ2n) is 6.91. The van der Waals surface area contributed by atoms with E-state index in [9.17, 15) is 9.90 Å². The second-order valence-corrected chi connectivity index (χ2v) is 6.91. The molecule has 0 radical (unpaired) electrons. The molecular formula is C22H26N2O2. The molecule has 4 heteroatoms. The Morgan fingerprint density at radius 3 is 2.46 bits per heavy atom. The van der Waals surface area contributed by atoms with Gasteiger partial charge in [0.2, 0.25) is 0 Å². The van der Waals surface area contributed by atoms with Crippen LogP contribution in [0.3, 0.4) is 0 Å². The highest BCUT2D eigenvalue weighted by molar-refractivity contribution is 5.94. The molecule has 2 aromatic carbocycles. The number of amides is 1. The van der Waals surface area contributed by atoms with Crippen LogP contribution in [0.4, 0.5) is 5.69 Å². The largest absolute Gasteiger partial charge is 0.506 e. The van der Waals surface area contributed by atoms with E-state index in [0.29, 0.717) is 5.75 Å². The van der Waals surface area contributed by atoms with Gasteiger partial charge in [-0.05, 0) is 48.6 Å². The van der Waals surface area contributed by atoms with Crippen LogP contribution in [-0.2, 0) is 6.42 Å². The number of para-hydroxylation sites is 1. The molecule has 1 saturated heterocycles. The Balaban J connectivity index is 1.66. The second kappa shape index (κ2) is 8.09. The van der Waals surface area contributed by atoms with Gasteiger partial charge in [0.05, 0.1) is 5.69 Å². The van der Waals surface area contributed by atoms with E-state index in [-0.39, 0.29) is 5.91 Å². The Bertz CT molecular complexity index is 788. The number of nitrogens with zero attached hydrogens (tertiary/aromatic N) is 2. The van der Waals surface area contributed by atoms with Gasteiger partial charge < -0.3 is 14.9 Å². The van der Waals surface area contributed by atoms with Gasteiger partial charge in [0.25, 0.3) is 5.91 Å². The fraction of sp³-hybridized carbons (Fsp3) is 0.318. The van der Waals surface area contributed by atoms with Gasteiger partial charge in [-0.2, -0.15) is 0 Å². The average molecular weight is 350 g/mol. The molecule has 0 aliphatic carbocycles. The third kappa shape index (κ3) is 4.07. The van der Waals surface area contributed by atoms with Crippen molar-refractivity contribution < 1.29 is 9.90 Å². The summed E-state index contributed by atoms with van der Waals surface area (Å²) in [4.78, 5) is 16.2. The first-order chi connectivity index (χ1) is 12.6. The maximum Gasteiger partial charge on any atom is 0.253 e. The smallest absolute Gasteiger partial charge is 0.253 e. The lowest BCUT2D eigenvalue weighted by Gasteiger charge is -2.18. The molecule has 0 atom stereocenters. The van der Waals surface area contributed by atoms with Crippen molar-refractivity contribution in [2.75, 3.05) is 32.1 Å². The van der Waals surface area contributed by atoms with Crippen molar-refractivity contribution in [2.24, 2.45) is 0 Å². The van der Waals surface area contributed by atoms with Gasteiger partial charge in [-0.25, -0.2) is 0 Å². The summed E-state index contributed by atoms with van der Waals surface area (Å²) >= 11 is 0. The molecule has 4 nitrogen and oxygen atoms in total. The highest BCUT2D eigenvalue weighted by Gasteiger charge is 2.18. The molecule has 26 heavy (non-hydrogen) atoms. The van der Waals surface area contributed by atoms with E-state index in [0.717, 1.165) is 54.7 Å². The lowest BCUT2D eigenvalue weighted by Crippen LogP contribution is -2.27. The van der Waals surface area contributed by atoms with Crippen molar-refractivity contribution in [3.8, 4) is 5.75 Å². The number of rotatable bonds is 5. The first-order valence-electron chi connectivity index (χ1n) is 9.10. The molecule has 1 heterocycles. The van der Waals surface area contributed by atoms with Crippen molar-refractivity contribution >= 4 is 17.7 Å². The fourth-order valence-electron chi connectivity index (χ4n) is 3.42. The number of carbonyl (C=O) groups is 1. The van der Waals surface area contributed by atoms with Crippen LogP contribution in [0.25, 0.3) is 6.08 Å². The number of carbonyl (C=O) groups excluding carboxylic acids is 1. The number of phenols is 1. The molecule has 136 valence electrons. The average Bonchev–Trinajstić information content (AvgIpc) is 3.16. The minimum absolute atomic E-state index is 0.133. The Kier molecular flexibility index (Phi) is 5.61. The number of hydrogen-bond donors (Lipinski definition) is 1. The van der Waals surface area contributed by atoms with Gasteiger partial charge in [0.15, 0.2) is 0 Å². The zero-order chi connectivity index (χ0) is 18.5. The van der Waals surface area contributed by atoms with Crippen molar-refractivity contribution in [1.82, 2.24) is 4.90 Å². The number of likely N-dealkylation sites (tertiary alicyclic amines) is 1. The van der Waals surface area contributed by atoms with Crippen LogP contribution in [0, 0.1) is 0 Å². The van der Waals surface area contributed by atoms with Crippen LogP contribution >= 0.6 is 0 Å². The third-order valence-corrected chi connectivity index (χ3v) is 4.74. The van der Waals surface area contributed by atoms with Gasteiger partial charge >= 0.3 is 0 Å². The standard InChI is InChI=1S/C22H26N2O2/c1-23(2)21-18(9-6-10-20(21)25)8-5-7-17-11-13-19(14-12-17)22(26)24-15-3-4-16-24/h5-7,9-14,25H,3-4,8,15-16H2,1-2H3/b7-5+. The van der Waals surface area contributed by atoms with Gasteiger partial charge in [0, 0.05) is 32.7 Å². The van der Waals surface area contributed by atoms with Crippen LogP contribution in [0.1, 0.15) is 34.3 Å². The summed E-state index contributed by atoms with van der Waals surface area (Å²) in [7, 11) is 3.86. The first kappa shape index (κ1) is 18.1. The molecule has 1 fully saturated rings. The molecule has 0 aromatic heterocycles. The minimum Gasteiger partial charge on any atom is -0.506 e. The number of allylic oxidation sites excluding steroid dienone is 1. The molecule has 0 saturated carbocycles. The van der Waals surface area contributed by atoms with E-state index in [1.807, 2.05) is 66.4 Å². The summed E-state index contributed by atoms with van der Waals surface area (Å²) < 4.78 is 0. The Morgan fingerprint density at radius 2 is 1.81 bits per heavy atom. The third-order valence-electron chi connectivity index (χ3n) is 4.74. The quantitative estimate of drug-likeness (QED) is 0.888. The van der Waals surface area contributed by atoms with Gasteiger partial charge in [-0.1, -0.05) is 36.4 Å². The van der Waals surface area contributed by atoms with E-state index < -0.39 is 0 Å². The normalized spacial score (nSPS) is 14.2. The SMILES string of the molecule is CN(C)c1c(O)cccc1C/C=C/c1ccc(C(=O)N2CCCC2)cc1. The monoisotopic (exact) mass is 350 g/mol. The molecule has 1 aliphatic rings. The number of benzene rings is 2. The Morgan fingerprint density at radius 1 is 1.12 bits per heavy atom. The fourth-order valence-corrected chi connectivity index (χ4v) is 3.42. The Hall–Kier alpha value is -2.75. The van der Waals surface area contributed by atoms with E-state index in [1.165, 1.54) is 0 Å². The molecule has 1 N–H and O–H groups in total. The molecule has 2 aromatic rings. The van der Waals surface area contributed by atoms with E-state index in [2.05, 4.69) is 6.08 Å². The van der Waals surface area contributed by atoms with Crippen LogP contribution in [0.5, 0.6) is 5.75 Å². The number of hydrogen-bond acceptors (Lipinski definition) is 3. The predicted octanol–water partition coefficient (Wildman–Crippen LogP) is 3.95. The van der Waals surface area contributed by atoms with Crippen molar-refractivity contribution in [2.45, 2.75) is 19.3 Å². The number of anilines is 1. The summed E-state index contributed by atoms with van der Waals surface area (Å²) in [6.45, 7) is 1.75. The maximum atomic E-state index is 12.4. The van der Waals surface area contributed by atoms with Gasteiger partial charge in [-0.3, -0.25) is 4.79 Å². The van der Waals surface area contributed by atoms with Gasteiger partial charge in [0.1, 0.15) is 5.75 Å². The molecular weight excluding hydrogens is 324 g/mol. The van der Waals surface area contributed by atoms with Crippen LogP contribution < -0.4 is 4.90 Å². The van der Waals surface area contributed by atoms with Crippen molar-refractivity contribution in [3.63, 3.8) is 0 Å². The van der Waals surface area contributed by atoms with E-state index >= 15 is 0 Å². The summed E-state index contributed by atoms with van der Waals surface area (Å²) in [5, 5.41) is 10.0. The molecule has 0 unspecified atom stereocenters. The zero-order valence-corrected chi connectivity index (χ0v) is 15.5. The summed E-state index contributed by atoms with van der Waals surface area (Å²) in [5.41, 5.74) is 3.75. The Labute approximate surface area is 155 Å². The molecule has 0 spiro atoms. The van der Waals surface area contributed by atoms with E-state index in [1.54, 1.807) is 6.07 Å². The minimum atomic E-state index is 0.133. The molecule has 1 aliphatic heterocycles. The van der Waals surface area contributed by atoms with Crippen LogP contribution in [-0.4, -0.2) is 43.1 Å². The van der Waals surface area contributed by atoms with Crippen LogP contribution in [0.15, 0.2) is 48.5 Å². The predicted molar refractivity (Wildman–Crippen MR) is 107 cm³/mol. The van der Waals surface area contributed by atoms with Gasteiger partial charge in [-0.15, -0.1) is 0 Å². The number of phenolic OH excluding ortho intramolecular Hbond substituents is 1. The van der Waals surface area contributed by atoms with Crippen molar-refractivity contribution in [1.29, 1.82) is 0 Å². The zero-order valence-electron chi connectivity index (χ0n) is 15.5. The highest BCUT2D eigenvalue weighted by Crippen LogP contribution is 2.30. The van der Waals surface area contributed by atoms with Crippen LogP contribution in [0.2, 0.25) is 0 Å². The summed E-state index contributed by atoms with van der Waals surface area (Å²) in [6, 6.07) is 13.4. The lowest BCUT2D eigenvalue weighted by molar-refractivity contribution is 0.0793. The summed E-state index contributed by atoms with van der Waals surface area (Å²) in [5.74, 6) is 0.430. The maximum absolute atomic E-state index is 12.4. The molecule has 1 amide bonds.